The van der Waals surface area contributed by atoms with E-state index >= 15 is 0 Å². The summed E-state index contributed by atoms with van der Waals surface area (Å²) in [6.07, 6.45) is 9.60. The van der Waals surface area contributed by atoms with Crippen LogP contribution in [0.4, 0.5) is 0 Å². The maximum atomic E-state index is 11.8. The van der Waals surface area contributed by atoms with Crippen molar-refractivity contribution < 1.29 is 14.3 Å². The van der Waals surface area contributed by atoms with Gasteiger partial charge in [0.05, 0.1) is 6.61 Å². The maximum Gasteiger partial charge on any atom is 0.305 e. The second-order valence-corrected chi connectivity index (χ2v) is 5.00. The minimum Gasteiger partial charge on any atom is -0.465 e. The van der Waals surface area contributed by atoms with Gasteiger partial charge in [-0.2, -0.15) is 5.26 Å². The molecule has 0 bridgehead atoms. The number of carbonyl (C=O) groups excluding carboxylic acids is 1. The molecule has 1 N–H and O–H groups in total. The number of nitrogens with zero attached hydrogens (tertiary/aromatic N) is 1. The lowest BCUT2D eigenvalue weighted by atomic mass is 9.89. The molecule has 1 aliphatic heterocycles. The number of carbonyl (C=O) groups is 1. The molecule has 2 aliphatic rings. The SMILES string of the molecule is CCOC1=C(C#N)C(=O)NC(/C=C/C2CCCCC2)O1. The van der Waals surface area contributed by atoms with Crippen molar-refractivity contribution in [3.63, 3.8) is 0 Å². The Morgan fingerprint density at radius 1 is 1.40 bits per heavy atom. The van der Waals surface area contributed by atoms with Crippen molar-refractivity contribution in [1.82, 2.24) is 5.32 Å². The van der Waals surface area contributed by atoms with Crippen LogP contribution in [0.3, 0.4) is 0 Å². The first-order valence-electron chi connectivity index (χ1n) is 7.17. The van der Waals surface area contributed by atoms with Crippen molar-refractivity contribution in [1.29, 1.82) is 5.26 Å². The van der Waals surface area contributed by atoms with E-state index in [1.807, 2.05) is 12.1 Å². The average molecular weight is 276 g/mol. The van der Waals surface area contributed by atoms with E-state index in [2.05, 4.69) is 11.4 Å². The van der Waals surface area contributed by atoms with Gasteiger partial charge in [-0.3, -0.25) is 4.79 Å². The van der Waals surface area contributed by atoms with Gasteiger partial charge in [-0.1, -0.05) is 25.3 Å². The molecule has 2 rings (SSSR count). The summed E-state index contributed by atoms with van der Waals surface area (Å²) in [5, 5.41) is 11.6. The molecule has 0 aromatic rings. The fourth-order valence-corrected chi connectivity index (χ4v) is 2.50. The number of nitriles is 1. The molecule has 5 heteroatoms. The highest BCUT2D eigenvalue weighted by Crippen LogP contribution is 2.25. The molecule has 0 radical (unpaired) electrons. The third-order valence-electron chi connectivity index (χ3n) is 3.53. The predicted octanol–water partition coefficient (Wildman–Crippen LogP) is 2.37. The molecule has 0 aromatic heterocycles. The lowest BCUT2D eigenvalue weighted by Gasteiger charge is -2.25. The average Bonchev–Trinajstić information content (AvgIpc) is 2.46. The van der Waals surface area contributed by atoms with Crippen molar-refractivity contribution in [2.45, 2.75) is 45.3 Å². The summed E-state index contributed by atoms with van der Waals surface area (Å²) in [7, 11) is 0. The second kappa shape index (κ2) is 6.99. The largest absolute Gasteiger partial charge is 0.465 e. The van der Waals surface area contributed by atoms with Crippen molar-refractivity contribution in [3.05, 3.63) is 23.7 Å². The number of nitrogens with one attached hydrogen (secondary N) is 1. The second-order valence-electron chi connectivity index (χ2n) is 5.00. The van der Waals surface area contributed by atoms with E-state index in [4.69, 9.17) is 14.7 Å². The van der Waals surface area contributed by atoms with Crippen LogP contribution in [0, 0.1) is 17.2 Å². The van der Waals surface area contributed by atoms with Crippen LogP contribution >= 0.6 is 0 Å². The van der Waals surface area contributed by atoms with Crippen LogP contribution in [0.25, 0.3) is 0 Å². The molecule has 0 saturated heterocycles. The zero-order valence-corrected chi connectivity index (χ0v) is 11.7. The van der Waals surface area contributed by atoms with Gasteiger partial charge in [0, 0.05) is 0 Å². The highest BCUT2D eigenvalue weighted by molar-refractivity contribution is 5.98. The Morgan fingerprint density at radius 3 is 2.80 bits per heavy atom. The van der Waals surface area contributed by atoms with Gasteiger partial charge >= 0.3 is 5.95 Å². The molecule has 1 heterocycles. The summed E-state index contributed by atoms with van der Waals surface area (Å²) in [6.45, 7) is 2.14. The van der Waals surface area contributed by atoms with Crippen LogP contribution in [-0.4, -0.2) is 18.7 Å². The molecule has 1 aliphatic carbocycles. The van der Waals surface area contributed by atoms with Gasteiger partial charge in [0.2, 0.25) is 0 Å². The Bertz CT molecular complexity index is 456. The molecule has 0 aromatic carbocycles. The number of amides is 1. The highest BCUT2D eigenvalue weighted by Gasteiger charge is 2.28. The van der Waals surface area contributed by atoms with Gasteiger partial charge < -0.3 is 14.8 Å². The van der Waals surface area contributed by atoms with Crippen LogP contribution in [0.1, 0.15) is 39.0 Å². The molecule has 20 heavy (non-hydrogen) atoms. The maximum absolute atomic E-state index is 11.8. The molecule has 1 atom stereocenters. The molecule has 5 nitrogen and oxygen atoms in total. The number of ether oxygens (including phenoxy) is 2. The molecular weight excluding hydrogens is 256 g/mol. The van der Waals surface area contributed by atoms with E-state index in [9.17, 15) is 4.79 Å². The van der Waals surface area contributed by atoms with Gasteiger partial charge in [-0.25, -0.2) is 0 Å². The Labute approximate surface area is 119 Å². The molecule has 1 saturated carbocycles. The van der Waals surface area contributed by atoms with Crippen LogP contribution < -0.4 is 5.32 Å². The normalized spacial score (nSPS) is 24.2. The molecule has 108 valence electrons. The van der Waals surface area contributed by atoms with Gasteiger partial charge in [0.15, 0.2) is 11.8 Å². The highest BCUT2D eigenvalue weighted by atomic mass is 16.7. The van der Waals surface area contributed by atoms with E-state index in [-0.39, 0.29) is 11.5 Å². The van der Waals surface area contributed by atoms with Gasteiger partial charge in [-0.15, -0.1) is 0 Å². The van der Waals surface area contributed by atoms with Crippen LogP contribution in [0.5, 0.6) is 0 Å². The summed E-state index contributed by atoms with van der Waals surface area (Å²) in [5.41, 5.74) is -0.103. The lowest BCUT2D eigenvalue weighted by Crippen LogP contribution is -2.41. The molecular formula is C15H20N2O3. The Balaban J connectivity index is 2.01. The fourth-order valence-electron chi connectivity index (χ4n) is 2.50. The first-order valence-corrected chi connectivity index (χ1v) is 7.17. The summed E-state index contributed by atoms with van der Waals surface area (Å²) < 4.78 is 10.7. The molecule has 1 fully saturated rings. The van der Waals surface area contributed by atoms with Gasteiger partial charge in [0.25, 0.3) is 5.91 Å². The van der Waals surface area contributed by atoms with Crippen LogP contribution in [0.15, 0.2) is 23.7 Å². The predicted molar refractivity (Wildman–Crippen MR) is 73.0 cm³/mol. The van der Waals surface area contributed by atoms with E-state index in [1.165, 1.54) is 32.1 Å². The summed E-state index contributed by atoms with van der Waals surface area (Å²) >= 11 is 0. The van der Waals surface area contributed by atoms with Crippen molar-refractivity contribution in [2.75, 3.05) is 6.61 Å². The minimum absolute atomic E-state index is 0.0250. The van der Waals surface area contributed by atoms with E-state index in [0.717, 1.165) is 0 Å². The number of allylic oxidation sites excluding steroid dienone is 1. The van der Waals surface area contributed by atoms with Gasteiger partial charge in [0.1, 0.15) is 6.07 Å². The molecule has 1 unspecified atom stereocenters. The zero-order chi connectivity index (χ0) is 14.4. The Kier molecular flexibility index (Phi) is 5.05. The van der Waals surface area contributed by atoms with Gasteiger partial charge in [-0.05, 0) is 31.8 Å². The van der Waals surface area contributed by atoms with Crippen LogP contribution in [-0.2, 0) is 14.3 Å². The van der Waals surface area contributed by atoms with Crippen LogP contribution in [0.2, 0.25) is 0 Å². The van der Waals surface area contributed by atoms with E-state index in [1.54, 1.807) is 6.92 Å². The standard InChI is InChI=1S/C15H20N2O3/c1-2-19-15-12(10-16)14(18)17-13(20-15)9-8-11-6-4-3-5-7-11/h8-9,11,13H,2-7H2,1H3,(H,17,18)/b9-8+. The number of rotatable bonds is 4. The Hall–Kier alpha value is -1.96. The van der Waals surface area contributed by atoms with E-state index < -0.39 is 12.1 Å². The molecule has 1 amide bonds. The number of hydrogen-bond donors (Lipinski definition) is 1. The summed E-state index contributed by atoms with van der Waals surface area (Å²) in [4.78, 5) is 11.8. The van der Waals surface area contributed by atoms with Crippen molar-refractivity contribution in [2.24, 2.45) is 5.92 Å². The van der Waals surface area contributed by atoms with Crippen molar-refractivity contribution in [3.8, 4) is 6.07 Å². The number of hydrogen-bond acceptors (Lipinski definition) is 4. The fraction of sp³-hybridized carbons (Fsp3) is 0.600. The zero-order valence-electron chi connectivity index (χ0n) is 11.7. The topological polar surface area (TPSA) is 71.3 Å². The molecule has 0 spiro atoms. The monoisotopic (exact) mass is 276 g/mol. The first kappa shape index (κ1) is 14.4. The van der Waals surface area contributed by atoms with E-state index in [0.29, 0.717) is 12.5 Å². The summed E-state index contributed by atoms with van der Waals surface area (Å²) in [6, 6.07) is 1.81. The quantitative estimate of drug-likeness (QED) is 0.800. The smallest absolute Gasteiger partial charge is 0.305 e. The lowest BCUT2D eigenvalue weighted by molar-refractivity contribution is -0.125. The Morgan fingerprint density at radius 2 is 2.15 bits per heavy atom. The van der Waals surface area contributed by atoms with Crippen molar-refractivity contribution >= 4 is 5.91 Å². The third-order valence-corrected chi connectivity index (χ3v) is 3.53. The first-order chi connectivity index (χ1) is 9.74. The third kappa shape index (κ3) is 3.53. The minimum atomic E-state index is -0.553. The summed E-state index contributed by atoms with van der Waals surface area (Å²) in [5.74, 6) is 0.138.